The summed E-state index contributed by atoms with van der Waals surface area (Å²) in [6, 6.07) is 3.77. The summed E-state index contributed by atoms with van der Waals surface area (Å²) in [6.45, 7) is 3.40. The van der Waals surface area contributed by atoms with Crippen LogP contribution in [0.2, 0.25) is 0 Å². The van der Waals surface area contributed by atoms with Crippen molar-refractivity contribution in [2.45, 2.75) is 26.3 Å². The lowest BCUT2D eigenvalue weighted by Crippen LogP contribution is -2.45. The van der Waals surface area contributed by atoms with Crippen molar-refractivity contribution in [3.8, 4) is 0 Å². The Bertz CT molecular complexity index is 457. The highest BCUT2D eigenvalue weighted by atomic mass is 32.1. The standard InChI is InChI=1S/C14H20N2O3S/c1-2-15(9-12-4-3-7-20-12)14(19)16(10-13(17)18)8-11-5-6-11/h3-4,7,11H,2,5-6,8-10H2,1H3,(H,17,18). The van der Waals surface area contributed by atoms with Gasteiger partial charge in [-0.1, -0.05) is 6.07 Å². The molecular weight excluding hydrogens is 276 g/mol. The quantitative estimate of drug-likeness (QED) is 0.841. The van der Waals surface area contributed by atoms with Crippen LogP contribution in [0.15, 0.2) is 17.5 Å². The molecule has 5 nitrogen and oxygen atoms in total. The number of amides is 2. The lowest BCUT2D eigenvalue weighted by molar-refractivity contribution is -0.137. The van der Waals surface area contributed by atoms with Gasteiger partial charge in [0.1, 0.15) is 6.54 Å². The van der Waals surface area contributed by atoms with Crippen molar-refractivity contribution < 1.29 is 14.7 Å². The van der Waals surface area contributed by atoms with Gasteiger partial charge in [0.05, 0.1) is 6.54 Å². The second kappa shape index (κ2) is 6.74. The monoisotopic (exact) mass is 296 g/mol. The zero-order valence-corrected chi connectivity index (χ0v) is 12.4. The lowest BCUT2D eigenvalue weighted by atomic mass is 10.3. The number of hydrogen-bond donors (Lipinski definition) is 1. The van der Waals surface area contributed by atoms with Crippen molar-refractivity contribution in [1.29, 1.82) is 0 Å². The Labute approximate surface area is 122 Å². The molecule has 0 saturated heterocycles. The van der Waals surface area contributed by atoms with Crippen molar-refractivity contribution in [3.63, 3.8) is 0 Å². The molecule has 1 fully saturated rings. The molecule has 0 radical (unpaired) electrons. The van der Waals surface area contributed by atoms with Gasteiger partial charge in [0, 0.05) is 18.0 Å². The Hall–Kier alpha value is -1.56. The Morgan fingerprint density at radius 2 is 2.15 bits per heavy atom. The van der Waals surface area contributed by atoms with Crippen LogP contribution in [-0.4, -0.2) is 46.5 Å². The van der Waals surface area contributed by atoms with E-state index in [4.69, 9.17) is 5.11 Å². The van der Waals surface area contributed by atoms with Gasteiger partial charge in [-0.15, -0.1) is 11.3 Å². The van der Waals surface area contributed by atoms with Crippen molar-refractivity contribution in [1.82, 2.24) is 9.80 Å². The fourth-order valence-electron chi connectivity index (χ4n) is 2.09. The molecule has 0 atom stereocenters. The van der Waals surface area contributed by atoms with Crippen LogP contribution in [0, 0.1) is 5.92 Å². The third kappa shape index (κ3) is 4.23. The number of thiophene rings is 1. The van der Waals surface area contributed by atoms with Crippen molar-refractivity contribution in [2.24, 2.45) is 5.92 Å². The normalized spacial score (nSPS) is 14.1. The first-order valence-electron chi connectivity index (χ1n) is 6.88. The second-order valence-electron chi connectivity index (χ2n) is 5.09. The number of carbonyl (C=O) groups is 2. The van der Waals surface area contributed by atoms with Crippen LogP contribution >= 0.6 is 11.3 Å². The van der Waals surface area contributed by atoms with Crippen LogP contribution in [0.25, 0.3) is 0 Å². The SMILES string of the molecule is CCN(Cc1cccs1)C(=O)N(CC(=O)O)CC1CC1. The second-order valence-corrected chi connectivity index (χ2v) is 6.13. The van der Waals surface area contributed by atoms with Gasteiger partial charge in [0.15, 0.2) is 0 Å². The molecule has 110 valence electrons. The van der Waals surface area contributed by atoms with Crippen LogP contribution in [0.4, 0.5) is 4.79 Å². The maximum atomic E-state index is 12.5. The number of aliphatic carboxylic acids is 1. The molecule has 20 heavy (non-hydrogen) atoms. The molecule has 1 saturated carbocycles. The molecule has 1 N–H and O–H groups in total. The molecule has 0 unspecified atom stereocenters. The Morgan fingerprint density at radius 1 is 1.40 bits per heavy atom. The maximum absolute atomic E-state index is 12.5. The maximum Gasteiger partial charge on any atom is 0.323 e. The third-order valence-corrected chi connectivity index (χ3v) is 4.21. The van der Waals surface area contributed by atoms with Gasteiger partial charge in [-0.3, -0.25) is 4.79 Å². The molecule has 0 aromatic carbocycles. The summed E-state index contributed by atoms with van der Waals surface area (Å²) in [5.74, 6) is -0.468. The van der Waals surface area contributed by atoms with E-state index in [9.17, 15) is 9.59 Å². The molecule has 6 heteroatoms. The number of carboxylic acid groups (broad SMARTS) is 1. The summed E-state index contributed by atoms with van der Waals surface area (Å²) in [5.41, 5.74) is 0. The summed E-state index contributed by atoms with van der Waals surface area (Å²) in [5, 5.41) is 10.9. The molecule has 0 spiro atoms. The minimum atomic E-state index is -0.953. The largest absolute Gasteiger partial charge is 0.480 e. The van der Waals surface area contributed by atoms with Crippen LogP contribution < -0.4 is 0 Å². The number of rotatable bonds is 7. The average Bonchev–Trinajstić information content (AvgIpc) is 3.07. The fraction of sp³-hybridized carbons (Fsp3) is 0.571. The molecule has 2 amide bonds. The molecule has 0 aliphatic heterocycles. The van der Waals surface area contributed by atoms with Crippen LogP contribution in [0.3, 0.4) is 0 Å². The molecule has 1 aliphatic carbocycles. The first kappa shape index (κ1) is 14.8. The van der Waals surface area contributed by atoms with Gasteiger partial charge in [-0.05, 0) is 37.1 Å². The Kier molecular flexibility index (Phi) is 5.00. The van der Waals surface area contributed by atoms with Gasteiger partial charge in [0.25, 0.3) is 0 Å². The van der Waals surface area contributed by atoms with E-state index in [-0.39, 0.29) is 12.6 Å². The molecule has 0 bridgehead atoms. The Morgan fingerprint density at radius 3 is 2.65 bits per heavy atom. The summed E-state index contributed by atoms with van der Waals surface area (Å²) >= 11 is 1.61. The zero-order chi connectivity index (χ0) is 14.5. The van der Waals surface area contributed by atoms with E-state index in [1.165, 1.54) is 4.90 Å². The Balaban J connectivity index is 2.00. The van der Waals surface area contributed by atoms with E-state index >= 15 is 0 Å². The van der Waals surface area contributed by atoms with E-state index in [0.29, 0.717) is 25.6 Å². The lowest BCUT2D eigenvalue weighted by Gasteiger charge is -2.28. The van der Waals surface area contributed by atoms with Crippen molar-refractivity contribution in [2.75, 3.05) is 19.6 Å². The summed E-state index contributed by atoms with van der Waals surface area (Å²) in [6.07, 6.45) is 2.20. The highest BCUT2D eigenvalue weighted by Crippen LogP contribution is 2.30. The molecule has 1 aromatic rings. The number of urea groups is 1. The van der Waals surface area contributed by atoms with Gasteiger partial charge < -0.3 is 14.9 Å². The third-order valence-electron chi connectivity index (χ3n) is 3.35. The number of nitrogens with zero attached hydrogens (tertiary/aromatic N) is 2. The summed E-state index contributed by atoms with van der Waals surface area (Å²) in [4.78, 5) is 27.7. The molecule has 1 aromatic heterocycles. The molecule has 1 heterocycles. The first-order chi connectivity index (χ1) is 9.60. The smallest absolute Gasteiger partial charge is 0.323 e. The number of hydrogen-bond acceptors (Lipinski definition) is 3. The van der Waals surface area contributed by atoms with Crippen LogP contribution in [0.1, 0.15) is 24.6 Å². The van der Waals surface area contributed by atoms with Gasteiger partial charge >= 0.3 is 12.0 Å². The highest BCUT2D eigenvalue weighted by Gasteiger charge is 2.30. The van der Waals surface area contributed by atoms with Crippen molar-refractivity contribution >= 4 is 23.3 Å². The predicted octanol–water partition coefficient (Wildman–Crippen LogP) is 2.49. The molecule has 2 rings (SSSR count). The number of carboxylic acids is 1. The van der Waals surface area contributed by atoms with Crippen LogP contribution in [0.5, 0.6) is 0 Å². The fourth-order valence-corrected chi connectivity index (χ4v) is 2.81. The van der Waals surface area contributed by atoms with E-state index in [1.54, 1.807) is 16.2 Å². The minimum Gasteiger partial charge on any atom is -0.480 e. The van der Waals surface area contributed by atoms with Crippen molar-refractivity contribution in [3.05, 3.63) is 22.4 Å². The predicted molar refractivity (Wildman–Crippen MR) is 77.7 cm³/mol. The summed E-state index contributed by atoms with van der Waals surface area (Å²) < 4.78 is 0. The zero-order valence-electron chi connectivity index (χ0n) is 11.6. The minimum absolute atomic E-state index is 0.171. The average molecular weight is 296 g/mol. The van der Waals surface area contributed by atoms with Crippen LogP contribution in [-0.2, 0) is 11.3 Å². The molecular formula is C14H20N2O3S. The highest BCUT2D eigenvalue weighted by molar-refractivity contribution is 7.09. The van der Waals surface area contributed by atoms with E-state index in [0.717, 1.165) is 17.7 Å². The first-order valence-corrected chi connectivity index (χ1v) is 7.76. The summed E-state index contributed by atoms with van der Waals surface area (Å²) in [7, 11) is 0. The van der Waals surface area contributed by atoms with Gasteiger partial charge in [0.2, 0.25) is 0 Å². The van der Waals surface area contributed by atoms with E-state index < -0.39 is 5.97 Å². The number of carbonyl (C=O) groups excluding carboxylic acids is 1. The van der Waals surface area contributed by atoms with E-state index in [1.807, 2.05) is 24.4 Å². The topological polar surface area (TPSA) is 60.9 Å². The van der Waals surface area contributed by atoms with Gasteiger partial charge in [-0.25, -0.2) is 4.79 Å². The molecule has 1 aliphatic rings. The van der Waals surface area contributed by atoms with Gasteiger partial charge in [-0.2, -0.15) is 0 Å². The van der Waals surface area contributed by atoms with E-state index in [2.05, 4.69) is 0 Å².